The van der Waals surface area contributed by atoms with E-state index in [1.165, 1.54) is 30.3 Å². The van der Waals surface area contributed by atoms with E-state index in [0.29, 0.717) is 27.8 Å². The second kappa shape index (κ2) is 18.4. The molecule has 0 aromatic heterocycles. The van der Waals surface area contributed by atoms with Crippen LogP contribution in [0.5, 0.6) is 5.75 Å². The van der Waals surface area contributed by atoms with Crippen molar-refractivity contribution in [2.75, 3.05) is 46.1 Å². The standard InChI is InChI=1S/C45H39N3O12/c1-2-57-44(54)36-19-26(11-14-33(36)43-34-15-12-27(49)20-38(34)60-39-21-28(13-16-35(39)43)58-25-42(52)53)48-41(51)24-56-23-40(50)46-17-18-47-45(55)59-22-37-31-9-5-3-7-29(31)30-8-4-6-10-32(30)37/h3-16,19-21,37H,2,17-18,22-25H2,1H3,(H,46,50)(H,47,55)(H,48,51)(H,52,53). The van der Waals surface area contributed by atoms with E-state index in [4.69, 9.17) is 23.4 Å². The summed E-state index contributed by atoms with van der Waals surface area (Å²) >= 11 is 0. The SMILES string of the molecule is CCOC(=O)c1cc([NH+]=C(O)COCC(=O)NCCNC(=O)OCC2c3ccccc3-c3ccccc32)ccc1-c1c2ccc(=O)cc-2oc2cc(OCC(=O)[O-])ccc12. The predicted octanol–water partition coefficient (Wildman–Crippen LogP) is 3.21. The summed E-state index contributed by atoms with van der Waals surface area (Å²) in [6.07, 6.45) is -0.609. The van der Waals surface area contributed by atoms with Gasteiger partial charge in [0.05, 0.1) is 18.1 Å². The Balaban J connectivity index is 0.954. The Labute approximate surface area is 342 Å². The van der Waals surface area contributed by atoms with E-state index in [1.54, 1.807) is 31.2 Å². The fourth-order valence-corrected chi connectivity index (χ4v) is 7.10. The Morgan fingerprint density at radius 2 is 1.50 bits per heavy atom. The average Bonchev–Trinajstić information content (AvgIpc) is 3.56. The number of amides is 2. The van der Waals surface area contributed by atoms with Crippen molar-refractivity contribution in [3.8, 4) is 39.3 Å². The fourth-order valence-electron chi connectivity index (χ4n) is 7.10. The van der Waals surface area contributed by atoms with Crippen LogP contribution in [0.2, 0.25) is 0 Å². The Morgan fingerprint density at radius 3 is 2.23 bits per heavy atom. The highest BCUT2D eigenvalue weighted by molar-refractivity contribution is 6.08. The van der Waals surface area contributed by atoms with Crippen LogP contribution in [0.3, 0.4) is 0 Å². The van der Waals surface area contributed by atoms with Gasteiger partial charge in [-0.15, -0.1) is 0 Å². The molecule has 3 aliphatic rings. The molecule has 0 saturated heterocycles. The maximum absolute atomic E-state index is 13.4. The van der Waals surface area contributed by atoms with Crippen molar-refractivity contribution in [1.82, 2.24) is 10.6 Å². The number of hydrogen-bond acceptors (Lipinski definition) is 11. The Morgan fingerprint density at radius 1 is 0.783 bits per heavy atom. The number of nitrogens with one attached hydrogen (secondary N) is 3. The Bertz CT molecular complexity index is 2610. The van der Waals surface area contributed by atoms with E-state index >= 15 is 0 Å². The third-order valence-corrected chi connectivity index (χ3v) is 9.63. The second-order valence-corrected chi connectivity index (χ2v) is 13.6. The van der Waals surface area contributed by atoms with Gasteiger partial charge in [-0.3, -0.25) is 9.59 Å². The molecule has 0 bridgehead atoms. The van der Waals surface area contributed by atoms with E-state index in [2.05, 4.69) is 27.8 Å². The summed E-state index contributed by atoms with van der Waals surface area (Å²) in [4.78, 5) is 64.3. The van der Waals surface area contributed by atoms with Gasteiger partial charge in [0.15, 0.2) is 12.0 Å². The highest BCUT2D eigenvalue weighted by Crippen LogP contribution is 2.45. The minimum Gasteiger partial charge on any atom is -0.546 e. The molecule has 2 aliphatic carbocycles. The number of carboxylic acids is 1. The normalized spacial score (nSPS) is 12.1. The molecular formula is C45H39N3O12. The zero-order chi connectivity index (χ0) is 42.2. The maximum Gasteiger partial charge on any atom is 0.407 e. The molecule has 306 valence electrons. The number of carboxylic acid groups (broad SMARTS) is 1. The number of aliphatic carboxylic acids is 1. The van der Waals surface area contributed by atoms with Crippen LogP contribution in [-0.2, 0) is 23.8 Å². The number of carbonyl (C=O) groups excluding carboxylic acids is 4. The summed E-state index contributed by atoms with van der Waals surface area (Å²) in [5.41, 5.74) is 6.21. The molecule has 60 heavy (non-hydrogen) atoms. The minimum atomic E-state index is -1.41. The first-order valence-corrected chi connectivity index (χ1v) is 19.0. The summed E-state index contributed by atoms with van der Waals surface area (Å²) in [6.45, 7) is 0.653. The molecule has 7 rings (SSSR count). The van der Waals surface area contributed by atoms with Crippen molar-refractivity contribution >= 4 is 46.5 Å². The van der Waals surface area contributed by atoms with Gasteiger partial charge < -0.3 is 49.0 Å². The van der Waals surface area contributed by atoms with E-state index < -0.39 is 37.2 Å². The lowest BCUT2D eigenvalue weighted by Crippen LogP contribution is -2.67. The van der Waals surface area contributed by atoms with Crippen LogP contribution in [0, 0.1) is 0 Å². The van der Waals surface area contributed by atoms with Gasteiger partial charge in [-0.05, 0) is 65.1 Å². The molecule has 4 aromatic rings. The summed E-state index contributed by atoms with van der Waals surface area (Å²) in [5.74, 6) is -2.62. The third kappa shape index (κ3) is 9.27. The van der Waals surface area contributed by atoms with Gasteiger partial charge >= 0.3 is 18.0 Å². The minimum absolute atomic E-state index is 0.0684. The van der Waals surface area contributed by atoms with E-state index in [-0.39, 0.29) is 72.8 Å². The smallest absolute Gasteiger partial charge is 0.407 e. The van der Waals surface area contributed by atoms with Gasteiger partial charge in [0.1, 0.15) is 36.9 Å². The largest absolute Gasteiger partial charge is 0.546 e. The van der Waals surface area contributed by atoms with Gasteiger partial charge in [-0.1, -0.05) is 48.5 Å². The molecule has 0 atom stereocenters. The Hall–Kier alpha value is -7.52. The molecule has 4 N–H and O–H groups in total. The quantitative estimate of drug-likeness (QED) is 0.0365. The second-order valence-electron chi connectivity index (χ2n) is 13.6. The first-order chi connectivity index (χ1) is 29.1. The van der Waals surface area contributed by atoms with Crippen molar-refractivity contribution in [1.29, 1.82) is 0 Å². The van der Waals surface area contributed by atoms with Crippen LogP contribution >= 0.6 is 0 Å². The molecule has 0 radical (unpaired) electrons. The van der Waals surface area contributed by atoms with Gasteiger partial charge in [0.25, 0.3) is 0 Å². The van der Waals surface area contributed by atoms with Crippen LogP contribution in [0.25, 0.3) is 44.5 Å². The van der Waals surface area contributed by atoms with E-state index in [0.717, 1.165) is 22.3 Å². The number of fused-ring (bicyclic) bond motifs is 5. The van der Waals surface area contributed by atoms with Crippen molar-refractivity contribution in [3.05, 3.63) is 130 Å². The summed E-state index contributed by atoms with van der Waals surface area (Å²) in [5, 5.41) is 27.4. The predicted molar refractivity (Wildman–Crippen MR) is 216 cm³/mol. The lowest BCUT2D eigenvalue weighted by Gasteiger charge is -2.18. The molecule has 0 unspecified atom stereocenters. The van der Waals surface area contributed by atoms with Gasteiger partial charge in [0, 0.05) is 59.8 Å². The van der Waals surface area contributed by atoms with Gasteiger partial charge in [-0.2, -0.15) is 4.99 Å². The van der Waals surface area contributed by atoms with E-state index in [1.807, 2.05) is 36.4 Å². The van der Waals surface area contributed by atoms with Gasteiger partial charge in [-0.25, -0.2) is 9.59 Å². The summed E-state index contributed by atoms with van der Waals surface area (Å²) in [6, 6.07) is 29.7. The van der Waals surface area contributed by atoms with Crippen LogP contribution in [0.4, 0.5) is 10.5 Å². The molecule has 0 fully saturated rings. The zero-order valence-corrected chi connectivity index (χ0v) is 32.3. The van der Waals surface area contributed by atoms with Crippen LogP contribution in [0.15, 0.2) is 112 Å². The molecule has 4 aromatic carbocycles. The number of aliphatic hydroxyl groups is 1. The van der Waals surface area contributed by atoms with Crippen LogP contribution in [-0.4, -0.2) is 81.1 Å². The molecule has 0 saturated carbocycles. The molecule has 1 aliphatic heterocycles. The number of hydrogen-bond donors (Lipinski definition) is 4. The molecule has 2 amide bonds. The average molecular weight is 814 g/mol. The van der Waals surface area contributed by atoms with Gasteiger partial charge in [0.2, 0.25) is 11.6 Å². The number of esters is 1. The lowest BCUT2D eigenvalue weighted by molar-refractivity contribution is -0.368. The van der Waals surface area contributed by atoms with Crippen molar-refractivity contribution < 1.29 is 57.7 Å². The fraction of sp³-hybridized carbons (Fsp3) is 0.200. The van der Waals surface area contributed by atoms with Crippen LogP contribution < -0.4 is 30.9 Å². The summed E-state index contributed by atoms with van der Waals surface area (Å²) < 4.78 is 27.6. The van der Waals surface area contributed by atoms with Crippen LogP contribution in [0.1, 0.15) is 34.3 Å². The molecule has 15 heteroatoms. The number of aliphatic hydroxyl groups excluding tert-OH is 1. The number of carbonyl (C=O) groups is 4. The molecule has 15 nitrogen and oxygen atoms in total. The van der Waals surface area contributed by atoms with Crippen molar-refractivity contribution in [2.45, 2.75) is 12.8 Å². The summed E-state index contributed by atoms with van der Waals surface area (Å²) in [7, 11) is 0. The maximum atomic E-state index is 13.4. The number of ether oxygens (including phenoxy) is 4. The number of rotatable bonds is 16. The Kier molecular flexibility index (Phi) is 12.5. The third-order valence-electron chi connectivity index (χ3n) is 9.63. The number of alkyl carbamates (subject to hydrolysis) is 1. The first kappa shape index (κ1) is 40.7. The lowest BCUT2D eigenvalue weighted by atomic mass is 9.90. The zero-order valence-electron chi connectivity index (χ0n) is 32.3. The van der Waals surface area contributed by atoms with E-state index in [9.17, 15) is 34.2 Å². The molecular weight excluding hydrogens is 775 g/mol. The van der Waals surface area contributed by atoms with Crippen molar-refractivity contribution in [3.63, 3.8) is 0 Å². The highest BCUT2D eigenvalue weighted by atomic mass is 16.5. The topological polar surface area (TPSA) is 217 Å². The molecule has 1 heterocycles. The number of benzene rings is 5. The first-order valence-electron chi connectivity index (χ1n) is 19.0. The van der Waals surface area contributed by atoms with Crippen molar-refractivity contribution in [2.24, 2.45) is 0 Å². The molecule has 0 spiro atoms. The monoisotopic (exact) mass is 813 g/mol. The highest BCUT2D eigenvalue weighted by Gasteiger charge is 2.29.